The van der Waals surface area contributed by atoms with E-state index in [9.17, 15) is 44.7 Å². The van der Waals surface area contributed by atoms with Gasteiger partial charge in [-0.05, 0) is 19.9 Å². The Hall–Kier alpha value is -5.12. The van der Waals surface area contributed by atoms with Gasteiger partial charge in [-0.2, -0.15) is 0 Å². The maximum Gasteiger partial charge on any atom is 0.341 e. The van der Waals surface area contributed by atoms with Crippen LogP contribution in [0.2, 0.25) is 0 Å². The minimum absolute atomic E-state index is 0.0301. The quantitative estimate of drug-likeness (QED) is 0.182. The van der Waals surface area contributed by atoms with Crippen LogP contribution in [0, 0.1) is 30.6 Å². The number of benzene rings is 2. The van der Waals surface area contributed by atoms with Gasteiger partial charge in [0.25, 0.3) is 11.7 Å². The number of aliphatic hydroxyl groups is 2. The highest BCUT2D eigenvalue weighted by Crippen LogP contribution is 2.54. The van der Waals surface area contributed by atoms with Crippen molar-refractivity contribution in [3.63, 3.8) is 0 Å². The summed E-state index contributed by atoms with van der Waals surface area (Å²) in [6.07, 6.45) is 3.37. The number of carboxylic acids is 1. The summed E-state index contributed by atoms with van der Waals surface area (Å²) in [5.41, 5.74) is -0.251. The molecule has 9 atom stereocenters. The van der Waals surface area contributed by atoms with Crippen molar-refractivity contribution in [3.05, 3.63) is 53.3 Å². The van der Waals surface area contributed by atoms with Crippen LogP contribution in [-0.4, -0.2) is 93.1 Å². The van der Waals surface area contributed by atoms with E-state index in [-0.39, 0.29) is 44.7 Å². The Balaban J connectivity index is 1.93. The number of esters is 1. The summed E-state index contributed by atoms with van der Waals surface area (Å²) < 4.78 is 28.9. The van der Waals surface area contributed by atoms with E-state index in [0.29, 0.717) is 0 Å². The Kier molecular flexibility index (Phi) is 12.7. The number of ketones is 1. The van der Waals surface area contributed by atoms with Crippen LogP contribution < -0.4 is 14.8 Å². The molecule has 3 aliphatic rings. The van der Waals surface area contributed by atoms with Crippen LogP contribution in [-0.2, 0) is 28.6 Å². The maximum atomic E-state index is 14.2. The third kappa shape index (κ3) is 8.17. The highest BCUT2D eigenvalue weighted by atomic mass is 16.7. The number of phenolic OH excluding ortho intramolecular Hbond substituents is 2. The van der Waals surface area contributed by atoms with Crippen LogP contribution in [0.3, 0.4) is 0 Å². The normalized spacial score (nSPS) is 30.9. The number of Topliss-reactive ketones (excluding diaryl/α,β-unsaturated/α-hetero) is 1. The van der Waals surface area contributed by atoms with Gasteiger partial charge in [-0.25, -0.2) is 4.79 Å². The number of allylic oxidation sites excluding steroid dienone is 2. The summed E-state index contributed by atoms with van der Waals surface area (Å²) in [5.74, 6) is -9.54. The molecule has 0 fully saturated rings. The van der Waals surface area contributed by atoms with E-state index in [0.717, 1.165) is 6.07 Å². The van der Waals surface area contributed by atoms with Crippen molar-refractivity contribution in [3.8, 4) is 23.0 Å². The van der Waals surface area contributed by atoms with Gasteiger partial charge in [-0.3, -0.25) is 14.4 Å². The smallest absolute Gasteiger partial charge is 0.341 e. The number of ether oxygens (including phenoxy) is 5. The fourth-order valence-corrected chi connectivity index (χ4v) is 6.89. The van der Waals surface area contributed by atoms with Crippen molar-refractivity contribution >= 4 is 40.1 Å². The van der Waals surface area contributed by atoms with Gasteiger partial charge >= 0.3 is 17.7 Å². The molecule has 2 aromatic rings. The predicted molar refractivity (Wildman–Crippen MR) is 195 cm³/mol. The first kappa shape index (κ1) is 41.6. The predicted octanol–water partition coefficient (Wildman–Crippen LogP) is 4.51. The van der Waals surface area contributed by atoms with E-state index < -0.39 is 95.6 Å². The number of nitrogens with one attached hydrogen (secondary N) is 1. The monoisotopic (exact) mass is 755 g/mol. The molecule has 15 nitrogen and oxygen atoms in total. The number of aromatic hydroxyl groups is 2. The molecule has 54 heavy (non-hydrogen) atoms. The standard InChI is InChI=1S/C39H49NO14/c1-17-11-10-12-18(2)38(49)40-24-15-26(51-16-27(42)43)28-29(34(24)47)33(46)22(6)36-30(28)37(48)39(8,54-36)52-14-13-25(50-9)19(3)35(53-23(7)41)21(5)32(45)20(4)31(17)44/h10-15,17,19-21,25,31-32,35,44-47H,16H2,1-9H3,(H,40,49)(H,42,43)/b11-10?,14-13-,18-12-/t17-,19+,20+,21+,25-,31-,32+,35+,39-/m0/s1. The van der Waals surface area contributed by atoms with Crippen molar-refractivity contribution in [2.75, 3.05) is 19.0 Å². The molecule has 2 aromatic carbocycles. The third-order valence-corrected chi connectivity index (χ3v) is 10.2. The molecule has 5 rings (SSSR count). The van der Waals surface area contributed by atoms with Crippen LogP contribution in [0.1, 0.15) is 64.4 Å². The SMILES string of the molecule is CO[C@H]1/C=C\O[C@@]2(C)Oc3c(C)c(O)c4c(O)c(cc(OCC(=O)O)c4c3C2=O)NC(=O)/C(C)=C\C=C[C@H](C)[C@H](O)[C@@H](C)[C@@H](O)[C@@H](C)[C@H](OC(C)=O)[C@@H]1C. The number of rotatable bonds is 5. The van der Waals surface area contributed by atoms with E-state index in [4.69, 9.17) is 23.7 Å². The van der Waals surface area contributed by atoms with Crippen molar-refractivity contribution in [2.45, 2.75) is 85.6 Å². The molecule has 0 saturated carbocycles. The lowest BCUT2D eigenvalue weighted by molar-refractivity contribution is -0.160. The summed E-state index contributed by atoms with van der Waals surface area (Å²) in [7, 11) is 1.41. The summed E-state index contributed by atoms with van der Waals surface area (Å²) >= 11 is 0. The molecule has 294 valence electrons. The molecule has 15 heteroatoms. The lowest BCUT2D eigenvalue weighted by Gasteiger charge is -2.38. The molecular formula is C39H49NO14. The van der Waals surface area contributed by atoms with Crippen molar-refractivity contribution < 1.29 is 68.4 Å². The number of carboxylic acid groups (broad SMARTS) is 1. The minimum Gasteiger partial charge on any atom is -0.507 e. The molecule has 6 N–H and O–H groups in total. The number of carbonyl (C=O) groups is 4. The number of phenols is 2. The number of methoxy groups -OCH3 is 1. The zero-order valence-corrected chi connectivity index (χ0v) is 31.7. The molecule has 0 radical (unpaired) electrons. The highest BCUT2D eigenvalue weighted by Gasteiger charge is 2.49. The number of carbonyl (C=O) groups excluding carboxylic acids is 3. The van der Waals surface area contributed by atoms with Gasteiger partial charge in [0.05, 0.1) is 41.2 Å². The lowest BCUT2D eigenvalue weighted by atomic mass is 9.78. The molecule has 3 aliphatic heterocycles. The van der Waals surface area contributed by atoms with Crippen LogP contribution in [0.15, 0.2) is 42.2 Å². The van der Waals surface area contributed by atoms with E-state index in [2.05, 4.69) is 5.32 Å². The van der Waals surface area contributed by atoms with Crippen molar-refractivity contribution in [1.29, 1.82) is 0 Å². The molecule has 0 spiro atoms. The van der Waals surface area contributed by atoms with Gasteiger partial charge in [0.2, 0.25) is 0 Å². The second kappa shape index (κ2) is 16.5. The topological polar surface area (TPSA) is 228 Å². The van der Waals surface area contributed by atoms with E-state index in [1.807, 2.05) is 0 Å². The van der Waals surface area contributed by atoms with Crippen molar-refractivity contribution in [2.24, 2.45) is 23.7 Å². The largest absolute Gasteiger partial charge is 0.507 e. The van der Waals surface area contributed by atoms with E-state index in [1.54, 1.807) is 39.8 Å². The molecule has 3 heterocycles. The average molecular weight is 756 g/mol. The van der Waals surface area contributed by atoms with E-state index >= 15 is 0 Å². The number of aliphatic hydroxyl groups excluding tert-OH is 2. The molecule has 0 saturated heterocycles. The summed E-state index contributed by atoms with van der Waals surface area (Å²) in [5, 5.41) is 57.0. The Morgan fingerprint density at radius 1 is 0.963 bits per heavy atom. The Labute approximate surface area is 312 Å². The van der Waals surface area contributed by atoms with Crippen molar-refractivity contribution in [1.82, 2.24) is 0 Å². The Morgan fingerprint density at radius 3 is 2.24 bits per heavy atom. The Bertz CT molecular complexity index is 1900. The number of hydrogen-bond donors (Lipinski definition) is 6. The number of amides is 1. The minimum atomic E-state index is -2.05. The van der Waals surface area contributed by atoms with Gasteiger partial charge in [0.1, 0.15) is 23.4 Å². The number of fused-ring (bicyclic) bond motifs is 14. The van der Waals surface area contributed by atoms with Gasteiger partial charge in [-0.1, -0.05) is 45.9 Å². The summed E-state index contributed by atoms with van der Waals surface area (Å²) in [6.45, 7) is 11.4. The maximum absolute atomic E-state index is 14.2. The molecule has 0 unspecified atom stereocenters. The first-order chi connectivity index (χ1) is 25.2. The molecule has 1 amide bonds. The van der Waals surface area contributed by atoms with Gasteiger partial charge < -0.3 is 54.5 Å². The lowest BCUT2D eigenvalue weighted by Crippen LogP contribution is -2.46. The van der Waals surface area contributed by atoms with E-state index in [1.165, 1.54) is 53.2 Å². The van der Waals surface area contributed by atoms with Gasteiger partial charge in [0.15, 0.2) is 12.4 Å². The Morgan fingerprint density at radius 2 is 1.63 bits per heavy atom. The van der Waals surface area contributed by atoms with Gasteiger partial charge in [-0.15, -0.1) is 0 Å². The highest BCUT2D eigenvalue weighted by molar-refractivity contribution is 6.21. The van der Waals surface area contributed by atoms with Crippen LogP contribution >= 0.6 is 0 Å². The average Bonchev–Trinajstić information content (AvgIpc) is 3.38. The zero-order valence-electron chi connectivity index (χ0n) is 31.7. The second-order valence-electron chi connectivity index (χ2n) is 14.1. The van der Waals surface area contributed by atoms with Gasteiger partial charge in [0, 0.05) is 67.2 Å². The molecule has 0 aliphatic carbocycles. The number of hydrogen-bond acceptors (Lipinski definition) is 13. The third-order valence-electron chi connectivity index (χ3n) is 10.2. The summed E-state index contributed by atoms with van der Waals surface area (Å²) in [6, 6.07) is 1.13. The fourth-order valence-electron chi connectivity index (χ4n) is 6.89. The number of anilines is 1. The zero-order chi connectivity index (χ0) is 40.4. The number of aliphatic carboxylic acids is 1. The van der Waals surface area contributed by atoms with Crippen LogP contribution in [0.25, 0.3) is 10.8 Å². The first-order valence-electron chi connectivity index (χ1n) is 17.5. The molecule has 5 bridgehead atoms. The second-order valence-corrected chi connectivity index (χ2v) is 14.1. The molecule has 0 aromatic heterocycles. The fraction of sp³-hybridized carbons (Fsp3) is 0.487. The van der Waals surface area contributed by atoms with Crippen LogP contribution in [0.4, 0.5) is 5.69 Å². The first-order valence-corrected chi connectivity index (χ1v) is 17.5. The molecular weight excluding hydrogens is 706 g/mol. The summed E-state index contributed by atoms with van der Waals surface area (Å²) in [4.78, 5) is 51.3. The van der Waals surface area contributed by atoms with Crippen LogP contribution in [0.5, 0.6) is 23.0 Å².